The third kappa shape index (κ3) is 1.63. The molecule has 0 aromatic carbocycles. The standard InChI is InChI=1S/C8H7BrN4/c9-7-2-11-8(12-3-7)13-4-6(1-10)5-13/h2-3,6H,4-5H2. The van der Waals surface area contributed by atoms with Crippen molar-refractivity contribution in [2.24, 2.45) is 5.92 Å². The van der Waals surface area contributed by atoms with Gasteiger partial charge < -0.3 is 4.90 Å². The Morgan fingerprint density at radius 1 is 1.46 bits per heavy atom. The fraction of sp³-hybridized carbons (Fsp3) is 0.375. The predicted molar refractivity (Wildman–Crippen MR) is 51.0 cm³/mol. The minimum absolute atomic E-state index is 0.146. The lowest BCUT2D eigenvalue weighted by atomic mass is 10.0. The van der Waals surface area contributed by atoms with Gasteiger partial charge in [0.05, 0.1) is 16.5 Å². The van der Waals surface area contributed by atoms with Crippen molar-refractivity contribution >= 4 is 21.9 Å². The van der Waals surface area contributed by atoms with Gasteiger partial charge in [-0.1, -0.05) is 0 Å². The zero-order valence-corrected chi connectivity index (χ0v) is 8.40. The Labute approximate surface area is 84.3 Å². The number of hydrogen-bond acceptors (Lipinski definition) is 4. The monoisotopic (exact) mass is 238 g/mol. The summed E-state index contributed by atoms with van der Waals surface area (Å²) in [5, 5.41) is 8.57. The molecule has 0 atom stereocenters. The van der Waals surface area contributed by atoms with Crippen LogP contribution in [0.25, 0.3) is 0 Å². The van der Waals surface area contributed by atoms with Crippen LogP contribution in [0.2, 0.25) is 0 Å². The average Bonchev–Trinajstić information content (AvgIpc) is 2.06. The highest BCUT2D eigenvalue weighted by atomic mass is 79.9. The van der Waals surface area contributed by atoms with Crippen LogP contribution in [0, 0.1) is 17.2 Å². The molecular weight excluding hydrogens is 232 g/mol. The summed E-state index contributed by atoms with van der Waals surface area (Å²) < 4.78 is 0.869. The first-order valence-electron chi connectivity index (χ1n) is 3.91. The molecular formula is C8H7BrN4. The largest absolute Gasteiger partial charge is 0.338 e. The van der Waals surface area contributed by atoms with Crippen molar-refractivity contribution in [2.75, 3.05) is 18.0 Å². The number of halogens is 1. The maximum absolute atomic E-state index is 8.57. The Kier molecular flexibility index (Phi) is 2.15. The van der Waals surface area contributed by atoms with Gasteiger partial charge in [0, 0.05) is 25.5 Å². The van der Waals surface area contributed by atoms with E-state index in [1.54, 1.807) is 12.4 Å². The lowest BCUT2D eigenvalue weighted by Crippen LogP contribution is -2.46. The molecule has 1 aromatic rings. The van der Waals surface area contributed by atoms with Gasteiger partial charge in [-0.2, -0.15) is 5.26 Å². The minimum atomic E-state index is 0.146. The van der Waals surface area contributed by atoms with Crippen molar-refractivity contribution < 1.29 is 0 Å². The number of nitriles is 1. The van der Waals surface area contributed by atoms with Crippen LogP contribution in [0.15, 0.2) is 16.9 Å². The molecule has 1 aliphatic rings. The van der Waals surface area contributed by atoms with Crippen molar-refractivity contribution in [2.45, 2.75) is 0 Å². The Hall–Kier alpha value is -1.15. The van der Waals surface area contributed by atoms with Crippen molar-refractivity contribution in [3.8, 4) is 6.07 Å². The van der Waals surface area contributed by atoms with E-state index in [1.807, 2.05) is 4.90 Å². The molecule has 1 aromatic heterocycles. The van der Waals surface area contributed by atoms with Crippen LogP contribution in [0.4, 0.5) is 5.95 Å². The normalized spacial score (nSPS) is 16.5. The van der Waals surface area contributed by atoms with Gasteiger partial charge in [-0.15, -0.1) is 0 Å². The molecule has 66 valence electrons. The number of aromatic nitrogens is 2. The summed E-state index contributed by atoms with van der Waals surface area (Å²) in [6, 6.07) is 2.21. The highest BCUT2D eigenvalue weighted by Crippen LogP contribution is 2.20. The van der Waals surface area contributed by atoms with Gasteiger partial charge in [0.25, 0.3) is 0 Å². The Balaban J connectivity index is 2.04. The molecule has 0 aliphatic carbocycles. The molecule has 0 spiro atoms. The third-order valence-electron chi connectivity index (χ3n) is 1.95. The molecule has 4 nitrogen and oxygen atoms in total. The van der Waals surface area contributed by atoms with E-state index in [4.69, 9.17) is 5.26 Å². The molecule has 0 amide bonds. The van der Waals surface area contributed by atoms with Crippen LogP contribution in [-0.2, 0) is 0 Å². The molecule has 1 aliphatic heterocycles. The molecule has 5 heteroatoms. The molecule has 1 fully saturated rings. The lowest BCUT2D eigenvalue weighted by molar-refractivity contribution is 0.494. The summed E-state index contributed by atoms with van der Waals surface area (Å²) >= 11 is 3.26. The first-order chi connectivity index (χ1) is 6.29. The third-order valence-corrected chi connectivity index (χ3v) is 2.36. The molecule has 0 unspecified atom stereocenters. The molecule has 1 saturated heterocycles. The number of nitrogens with zero attached hydrogens (tertiary/aromatic N) is 4. The SMILES string of the molecule is N#CC1CN(c2ncc(Br)cn2)C1. The van der Waals surface area contributed by atoms with Crippen molar-refractivity contribution in [3.05, 3.63) is 16.9 Å². The number of anilines is 1. The zero-order chi connectivity index (χ0) is 9.26. The van der Waals surface area contributed by atoms with Crippen molar-refractivity contribution in [1.82, 2.24) is 9.97 Å². The number of rotatable bonds is 1. The first kappa shape index (κ1) is 8.45. The smallest absolute Gasteiger partial charge is 0.225 e. The fourth-order valence-electron chi connectivity index (χ4n) is 1.19. The van der Waals surface area contributed by atoms with E-state index in [-0.39, 0.29) is 5.92 Å². The molecule has 2 rings (SSSR count). The van der Waals surface area contributed by atoms with Crippen LogP contribution in [0.1, 0.15) is 0 Å². The van der Waals surface area contributed by atoms with Gasteiger partial charge in [-0.05, 0) is 15.9 Å². The van der Waals surface area contributed by atoms with Crippen LogP contribution in [-0.4, -0.2) is 23.1 Å². The lowest BCUT2D eigenvalue weighted by Gasteiger charge is -2.34. The van der Waals surface area contributed by atoms with Crippen LogP contribution in [0.3, 0.4) is 0 Å². The molecule has 13 heavy (non-hydrogen) atoms. The van der Waals surface area contributed by atoms with E-state index in [2.05, 4.69) is 32.0 Å². The van der Waals surface area contributed by atoms with E-state index < -0.39 is 0 Å². The van der Waals surface area contributed by atoms with Gasteiger partial charge in [-0.25, -0.2) is 9.97 Å². The van der Waals surface area contributed by atoms with Gasteiger partial charge >= 0.3 is 0 Å². The highest BCUT2D eigenvalue weighted by molar-refractivity contribution is 9.10. The quantitative estimate of drug-likeness (QED) is 0.738. The minimum Gasteiger partial charge on any atom is -0.338 e. The highest BCUT2D eigenvalue weighted by Gasteiger charge is 2.28. The van der Waals surface area contributed by atoms with Gasteiger partial charge in [0.15, 0.2) is 0 Å². The van der Waals surface area contributed by atoms with E-state index in [0.717, 1.165) is 17.6 Å². The van der Waals surface area contributed by atoms with E-state index >= 15 is 0 Å². The van der Waals surface area contributed by atoms with Gasteiger partial charge in [0.2, 0.25) is 5.95 Å². The fourth-order valence-corrected chi connectivity index (χ4v) is 1.40. The Morgan fingerprint density at radius 3 is 2.62 bits per heavy atom. The summed E-state index contributed by atoms with van der Waals surface area (Å²) in [4.78, 5) is 10.2. The maximum Gasteiger partial charge on any atom is 0.225 e. The first-order valence-corrected chi connectivity index (χ1v) is 4.71. The molecule has 0 bridgehead atoms. The van der Waals surface area contributed by atoms with E-state index in [1.165, 1.54) is 0 Å². The van der Waals surface area contributed by atoms with E-state index in [0.29, 0.717) is 5.95 Å². The predicted octanol–water partition coefficient (Wildman–Crippen LogP) is 1.20. The number of hydrogen-bond donors (Lipinski definition) is 0. The summed E-state index contributed by atoms with van der Waals surface area (Å²) in [5.41, 5.74) is 0. The summed E-state index contributed by atoms with van der Waals surface area (Å²) in [5.74, 6) is 0.849. The maximum atomic E-state index is 8.57. The summed E-state index contributed by atoms with van der Waals surface area (Å²) in [7, 11) is 0. The average molecular weight is 239 g/mol. The summed E-state index contributed by atoms with van der Waals surface area (Å²) in [6.07, 6.45) is 3.42. The Bertz CT molecular complexity index is 336. The molecule has 0 radical (unpaired) electrons. The van der Waals surface area contributed by atoms with Crippen LogP contribution in [0.5, 0.6) is 0 Å². The molecule has 0 N–H and O–H groups in total. The molecule has 0 saturated carbocycles. The summed E-state index contributed by atoms with van der Waals surface area (Å²) in [6.45, 7) is 1.50. The topological polar surface area (TPSA) is 52.8 Å². The van der Waals surface area contributed by atoms with Gasteiger partial charge in [-0.3, -0.25) is 0 Å². The second-order valence-electron chi connectivity index (χ2n) is 2.93. The second kappa shape index (κ2) is 3.30. The van der Waals surface area contributed by atoms with Crippen LogP contribution < -0.4 is 4.90 Å². The van der Waals surface area contributed by atoms with Crippen molar-refractivity contribution in [1.29, 1.82) is 5.26 Å². The van der Waals surface area contributed by atoms with E-state index in [9.17, 15) is 0 Å². The van der Waals surface area contributed by atoms with Crippen molar-refractivity contribution in [3.63, 3.8) is 0 Å². The zero-order valence-electron chi connectivity index (χ0n) is 6.81. The van der Waals surface area contributed by atoms with Crippen LogP contribution >= 0.6 is 15.9 Å². The molecule has 2 heterocycles. The second-order valence-corrected chi connectivity index (χ2v) is 3.85. The van der Waals surface area contributed by atoms with Gasteiger partial charge in [0.1, 0.15) is 0 Å². The Morgan fingerprint density at radius 2 is 2.08 bits per heavy atom.